The third-order valence-corrected chi connectivity index (χ3v) is 3.17. The Kier molecular flexibility index (Phi) is 2.01. The van der Waals surface area contributed by atoms with Gasteiger partial charge in [-0.25, -0.2) is 0 Å². The molecule has 0 aromatic heterocycles. The quantitative estimate of drug-likeness (QED) is 0.521. The van der Waals surface area contributed by atoms with E-state index in [0.717, 1.165) is 18.8 Å². The fraction of sp³-hybridized carbons (Fsp3) is 1.00. The van der Waals surface area contributed by atoms with Crippen molar-refractivity contribution in [3.63, 3.8) is 0 Å². The van der Waals surface area contributed by atoms with E-state index in [2.05, 4.69) is 20.8 Å². The van der Waals surface area contributed by atoms with Crippen LogP contribution in [-0.2, 0) is 0 Å². The molecule has 1 aliphatic carbocycles. The molecule has 0 aromatic rings. The van der Waals surface area contributed by atoms with Gasteiger partial charge in [0, 0.05) is 0 Å². The van der Waals surface area contributed by atoms with E-state index in [9.17, 15) is 0 Å². The Bertz CT molecular complexity index is 150. The van der Waals surface area contributed by atoms with Gasteiger partial charge in [-0.3, -0.25) is 0 Å². The summed E-state index contributed by atoms with van der Waals surface area (Å²) in [4.78, 5) is 0. The Morgan fingerprint density at radius 1 is 1.27 bits per heavy atom. The number of hydrogen-bond donors (Lipinski definition) is 2. The summed E-state index contributed by atoms with van der Waals surface area (Å²) in [5.41, 5.74) is 11.6. The molecule has 11 heavy (non-hydrogen) atoms. The molecule has 1 unspecified atom stereocenters. The minimum absolute atomic E-state index is 0.102. The largest absolute Gasteiger partial charge is 0.313 e. The van der Waals surface area contributed by atoms with Gasteiger partial charge in [-0.15, -0.1) is 0 Å². The van der Waals surface area contributed by atoms with Gasteiger partial charge in [0.1, 0.15) is 0 Å². The molecule has 2 heteroatoms. The van der Waals surface area contributed by atoms with Gasteiger partial charge in [0.25, 0.3) is 0 Å². The molecule has 0 saturated heterocycles. The van der Waals surface area contributed by atoms with Crippen molar-refractivity contribution in [3.8, 4) is 0 Å². The Balaban J connectivity index is 2.72. The number of hydrogen-bond acceptors (Lipinski definition) is 2. The number of rotatable bonds is 0. The lowest BCUT2D eigenvalue weighted by atomic mass is 9.66. The van der Waals surface area contributed by atoms with Crippen LogP contribution < -0.4 is 11.5 Å². The summed E-state index contributed by atoms with van der Waals surface area (Å²) in [5.74, 6) is 0.783. The van der Waals surface area contributed by atoms with E-state index < -0.39 is 5.66 Å². The highest BCUT2D eigenvalue weighted by Gasteiger charge is 2.42. The van der Waals surface area contributed by atoms with E-state index in [1.54, 1.807) is 0 Å². The summed E-state index contributed by atoms with van der Waals surface area (Å²) in [6, 6.07) is 0. The van der Waals surface area contributed by atoms with Crippen molar-refractivity contribution >= 4 is 0 Å². The zero-order valence-corrected chi connectivity index (χ0v) is 7.85. The second-order valence-electron chi connectivity index (χ2n) is 4.77. The van der Waals surface area contributed by atoms with Crippen molar-refractivity contribution < 1.29 is 0 Å². The summed E-state index contributed by atoms with van der Waals surface area (Å²) in [7, 11) is 0. The molecule has 4 N–H and O–H groups in total. The van der Waals surface area contributed by atoms with Crippen LogP contribution in [0.1, 0.15) is 40.0 Å². The van der Waals surface area contributed by atoms with Gasteiger partial charge in [0.05, 0.1) is 5.66 Å². The van der Waals surface area contributed by atoms with Crippen LogP contribution in [0.15, 0.2) is 0 Å². The van der Waals surface area contributed by atoms with Crippen LogP contribution in [0.4, 0.5) is 0 Å². The molecule has 1 atom stereocenters. The minimum Gasteiger partial charge on any atom is -0.313 e. The topological polar surface area (TPSA) is 52.0 Å². The van der Waals surface area contributed by atoms with E-state index >= 15 is 0 Å². The monoisotopic (exact) mass is 156 g/mol. The highest BCUT2D eigenvalue weighted by molar-refractivity contribution is 4.97. The molecule has 0 aliphatic heterocycles. The van der Waals surface area contributed by atoms with Gasteiger partial charge in [0.15, 0.2) is 0 Å². The van der Waals surface area contributed by atoms with Crippen molar-refractivity contribution in [2.24, 2.45) is 22.8 Å². The lowest BCUT2D eigenvalue weighted by molar-refractivity contribution is 0.0737. The van der Waals surface area contributed by atoms with Crippen molar-refractivity contribution in [1.82, 2.24) is 0 Å². The third kappa shape index (κ3) is 1.57. The fourth-order valence-corrected chi connectivity index (χ4v) is 1.99. The molecule has 1 aliphatic rings. The molecule has 0 heterocycles. The smallest absolute Gasteiger partial charge is 0.0689 e. The summed E-state index contributed by atoms with van der Waals surface area (Å²) >= 11 is 0. The van der Waals surface area contributed by atoms with Crippen LogP contribution in [0.2, 0.25) is 0 Å². The summed E-state index contributed by atoms with van der Waals surface area (Å²) in [6.07, 6.45) is 3.29. The molecule has 2 nitrogen and oxygen atoms in total. The maximum atomic E-state index is 6.00. The maximum Gasteiger partial charge on any atom is 0.0689 e. The molecule has 0 radical (unpaired) electrons. The average Bonchev–Trinajstić information content (AvgIpc) is 1.80. The molecule has 1 rings (SSSR count). The van der Waals surface area contributed by atoms with Crippen LogP contribution in [0, 0.1) is 11.3 Å². The fourth-order valence-electron chi connectivity index (χ4n) is 1.99. The van der Waals surface area contributed by atoms with Crippen LogP contribution in [0.5, 0.6) is 0 Å². The average molecular weight is 156 g/mol. The van der Waals surface area contributed by atoms with Crippen molar-refractivity contribution in [1.29, 1.82) is 0 Å². The summed E-state index contributed by atoms with van der Waals surface area (Å²) in [6.45, 7) is 6.61. The Morgan fingerprint density at radius 2 is 1.82 bits per heavy atom. The molecule has 0 spiro atoms. The first kappa shape index (κ1) is 9.01. The molecule has 0 bridgehead atoms. The Hall–Kier alpha value is -0.0800. The van der Waals surface area contributed by atoms with E-state index in [-0.39, 0.29) is 5.41 Å². The van der Waals surface area contributed by atoms with E-state index in [0.29, 0.717) is 0 Å². The second-order valence-corrected chi connectivity index (χ2v) is 4.77. The van der Waals surface area contributed by atoms with Gasteiger partial charge in [0.2, 0.25) is 0 Å². The highest BCUT2D eigenvalue weighted by Crippen LogP contribution is 2.41. The molecular formula is C9H20N2. The molecular weight excluding hydrogens is 136 g/mol. The van der Waals surface area contributed by atoms with Gasteiger partial charge in [-0.1, -0.05) is 20.8 Å². The first-order valence-electron chi connectivity index (χ1n) is 4.43. The van der Waals surface area contributed by atoms with Gasteiger partial charge >= 0.3 is 0 Å². The zero-order chi connectivity index (χ0) is 8.70. The molecule has 66 valence electrons. The van der Waals surface area contributed by atoms with Gasteiger partial charge in [-0.05, 0) is 30.6 Å². The lowest BCUT2D eigenvalue weighted by Crippen LogP contribution is -2.62. The van der Waals surface area contributed by atoms with Gasteiger partial charge in [-0.2, -0.15) is 0 Å². The molecule has 0 aromatic carbocycles. The SMILES string of the molecule is CC1CCC(N)(N)C(C)(C)C1. The van der Waals surface area contributed by atoms with Gasteiger partial charge < -0.3 is 11.5 Å². The highest BCUT2D eigenvalue weighted by atomic mass is 15.0. The van der Waals surface area contributed by atoms with Crippen LogP contribution in [0.25, 0.3) is 0 Å². The summed E-state index contributed by atoms with van der Waals surface area (Å²) < 4.78 is 0. The Labute approximate surface area is 69.3 Å². The van der Waals surface area contributed by atoms with Crippen molar-refractivity contribution in [2.75, 3.05) is 0 Å². The Morgan fingerprint density at radius 3 is 2.18 bits per heavy atom. The molecule has 1 saturated carbocycles. The van der Waals surface area contributed by atoms with E-state index in [1.807, 2.05) is 0 Å². The molecule has 1 fully saturated rings. The van der Waals surface area contributed by atoms with Crippen LogP contribution in [0.3, 0.4) is 0 Å². The molecule has 0 amide bonds. The standard InChI is InChI=1S/C9H20N2/c1-7-4-5-9(10,11)8(2,3)6-7/h7H,4-6,10-11H2,1-3H3. The van der Waals surface area contributed by atoms with E-state index in [4.69, 9.17) is 11.5 Å². The van der Waals surface area contributed by atoms with E-state index in [1.165, 1.54) is 6.42 Å². The normalized spacial score (nSPS) is 35.2. The van der Waals surface area contributed by atoms with Crippen LogP contribution in [-0.4, -0.2) is 5.66 Å². The first-order valence-corrected chi connectivity index (χ1v) is 4.43. The van der Waals surface area contributed by atoms with Crippen LogP contribution >= 0.6 is 0 Å². The second kappa shape index (κ2) is 2.46. The van der Waals surface area contributed by atoms with Crippen molar-refractivity contribution in [3.05, 3.63) is 0 Å². The predicted molar refractivity (Wildman–Crippen MR) is 47.9 cm³/mol. The van der Waals surface area contributed by atoms with Crippen molar-refractivity contribution in [2.45, 2.75) is 45.7 Å². The zero-order valence-electron chi connectivity index (χ0n) is 7.85. The predicted octanol–water partition coefficient (Wildman–Crippen LogP) is 1.45. The lowest BCUT2D eigenvalue weighted by Gasteiger charge is -2.47. The first-order chi connectivity index (χ1) is 4.85. The third-order valence-electron chi connectivity index (χ3n) is 3.17. The number of nitrogens with two attached hydrogens (primary N) is 2. The summed E-state index contributed by atoms with van der Waals surface area (Å²) in [5, 5.41) is 0. The maximum absolute atomic E-state index is 6.00. The minimum atomic E-state index is -0.445.